The molecule has 6 nitrogen and oxygen atoms in total. The number of hydrogen-bond donors (Lipinski definition) is 1. The van der Waals surface area contributed by atoms with Crippen LogP contribution in [-0.4, -0.2) is 27.6 Å². The SMILES string of the molecule is COc1ccc(OC)c(S(=O)(=O)Nc2ccc(F)cn2)c1. The van der Waals surface area contributed by atoms with Crippen molar-refractivity contribution in [3.05, 3.63) is 42.3 Å². The van der Waals surface area contributed by atoms with Gasteiger partial charge >= 0.3 is 0 Å². The van der Waals surface area contributed by atoms with Gasteiger partial charge in [-0.25, -0.2) is 17.8 Å². The Morgan fingerprint density at radius 1 is 1.14 bits per heavy atom. The lowest BCUT2D eigenvalue weighted by Crippen LogP contribution is -2.15. The first-order valence-corrected chi connectivity index (χ1v) is 7.31. The predicted molar refractivity (Wildman–Crippen MR) is 74.5 cm³/mol. The zero-order chi connectivity index (χ0) is 15.5. The normalized spacial score (nSPS) is 11.0. The molecular weight excluding hydrogens is 299 g/mol. The number of pyridine rings is 1. The largest absolute Gasteiger partial charge is 0.497 e. The fourth-order valence-corrected chi connectivity index (χ4v) is 2.82. The molecule has 1 heterocycles. The molecule has 0 spiro atoms. The Labute approximate surface area is 121 Å². The third kappa shape index (κ3) is 3.40. The Morgan fingerprint density at radius 3 is 2.48 bits per heavy atom. The smallest absolute Gasteiger partial charge is 0.266 e. The van der Waals surface area contributed by atoms with E-state index in [4.69, 9.17) is 9.47 Å². The summed E-state index contributed by atoms with van der Waals surface area (Å²) in [4.78, 5) is 3.55. The van der Waals surface area contributed by atoms with Gasteiger partial charge in [-0.1, -0.05) is 0 Å². The Bertz CT molecular complexity index is 732. The van der Waals surface area contributed by atoms with Crippen LogP contribution in [0.1, 0.15) is 0 Å². The van der Waals surface area contributed by atoms with Gasteiger partial charge in [0.15, 0.2) is 0 Å². The molecule has 0 amide bonds. The third-order valence-corrected chi connectivity index (χ3v) is 4.00. The molecule has 0 saturated carbocycles. The van der Waals surface area contributed by atoms with Crippen molar-refractivity contribution in [1.82, 2.24) is 4.98 Å². The molecule has 0 fully saturated rings. The summed E-state index contributed by atoms with van der Waals surface area (Å²) in [6, 6.07) is 6.71. The summed E-state index contributed by atoms with van der Waals surface area (Å²) in [6.45, 7) is 0. The molecule has 21 heavy (non-hydrogen) atoms. The molecule has 0 aliphatic heterocycles. The molecule has 2 rings (SSSR count). The number of ether oxygens (including phenoxy) is 2. The maximum Gasteiger partial charge on any atom is 0.266 e. The number of anilines is 1. The third-order valence-electron chi connectivity index (χ3n) is 2.63. The van der Waals surface area contributed by atoms with E-state index in [2.05, 4.69) is 9.71 Å². The summed E-state index contributed by atoms with van der Waals surface area (Å²) in [5, 5.41) is 0. The predicted octanol–water partition coefficient (Wildman–Crippen LogP) is 2.04. The van der Waals surface area contributed by atoms with Gasteiger partial charge < -0.3 is 9.47 Å². The van der Waals surface area contributed by atoms with E-state index in [0.29, 0.717) is 5.75 Å². The minimum Gasteiger partial charge on any atom is -0.497 e. The van der Waals surface area contributed by atoms with Gasteiger partial charge in [-0.15, -0.1) is 0 Å². The summed E-state index contributed by atoms with van der Waals surface area (Å²) in [5.41, 5.74) is 0. The van der Waals surface area contributed by atoms with E-state index in [-0.39, 0.29) is 16.5 Å². The minimum absolute atomic E-state index is 0.00118. The van der Waals surface area contributed by atoms with Crippen molar-refractivity contribution in [3.8, 4) is 11.5 Å². The number of benzene rings is 1. The van der Waals surface area contributed by atoms with Crippen molar-refractivity contribution >= 4 is 15.8 Å². The number of rotatable bonds is 5. The van der Waals surface area contributed by atoms with Crippen molar-refractivity contribution in [3.63, 3.8) is 0 Å². The Balaban J connectivity index is 2.41. The van der Waals surface area contributed by atoms with E-state index in [1.54, 1.807) is 6.07 Å². The second kappa shape index (κ2) is 5.96. The molecule has 0 unspecified atom stereocenters. The topological polar surface area (TPSA) is 77.5 Å². The standard InChI is InChI=1S/C13H13FN2O4S/c1-19-10-4-5-11(20-2)12(7-10)21(17,18)16-13-6-3-9(14)8-15-13/h3-8H,1-2H3,(H,15,16). The molecular formula is C13H13FN2O4S. The van der Waals surface area contributed by atoms with Gasteiger partial charge in [0.1, 0.15) is 28.0 Å². The minimum atomic E-state index is -3.94. The fraction of sp³-hybridized carbons (Fsp3) is 0.154. The van der Waals surface area contributed by atoms with Crippen LogP contribution in [0, 0.1) is 5.82 Å². The summed E-state index contributed by atoms with van der Waals surface area (Å²) in [6.07, 6.45) is 0.917. The molecule has 1 aromatic carbocycles. The number of nitrogens with one attached hydrogen (secondary N) is 1. The highest BCUT2D eigenvalue weighted by Crippen LogP contribution is 2.29. The Hall–Kier alpha value is -2.35. The van der Waals surface area contributed by atoms with Gasteiger partial charge in [-0.05, 0) is 24.3 Å². The van der Waals surface area contributed by atoms with Crippen molar-refractivity contribution in [2.45, 2.75) is 4.90 Å². The number of nitrogens with zero attached hydrogens (tertiary/aromatic N) is 1. The maximum absolute atomic E-state index is 12.8. The molecule has 1 N–H and O–H groups in total. The van der Waals surface area contributed by atoms with Crippen LogP contribution in [0.4, 0.5) is 10.2 Å². The van der Waals surface area contributed by atoms with Crippen LogP contribution in [0.15, 0.2) is 41.4 Å². The summed E-state index contributed by atoms with van der Waals surface area (Å²) >= 11 is 0. The summed E-state index contributed by atoms with van der Waals surface area (Å²) in [5.74, 6) is -0.0353. The second-order valence-corrected chi connectivity index (χ2v) is 5.63. The van der Waals surface area contributed by atoms with Gasteiger partial charge in [-0.2, -0.15) is 0 Å². The van der Waals surface area contributed by atoms with E-state index in [1.165, 1.54) is 32.4 Å². The first-order chi connectivity index (χ1) is 9.96. The summed E-state index contributed by atoms with van der Waals surface area (Å²) in [7, 11) is -1.16. The molecule has 0 radical (unpaired) electrons. The molecule has 112 valence electrons. The van der Waals surface area contributed by atoms with E-state index in [9.17, 15) is 12.8 Å². The molecule has 0 atom stereocenters. The van der Waals surface area contributed by atoms with Crippen LogP contribution in [-0.2, 0) is 10.0 Å². The van der Waals surface area contributed by atoms with E-state index < -0.39 is 15.8 Å². The van der Waals surface area contributed by atoms with Gasteiger partial charge in [0.05, 0.1) is 20.4 Å². The first-order valence-electron chi connectivity index (χ1n) is 5.82. The molecule has 0 saturated heterocycles. The number of sulfonamides is 1. The lowest BCUT2D eigenvalue weighted by molar-refractivity contribution is 0.392. The van der Waals surface area contributed by atoms with Gasteiger partial charge in [0.25, 0.3) is 10.0 Å². The van der Waals surface area contributed by atoms with E-state index >= 15 is 0 Å². The van der Waals surface area contributed by atoms with Gasteiger partial charge in [0, 0.05) is 6.07 Å². The van der Waals surface area contributed by atoms with Crippen molar-refractivity contribution in [2.24, 2.45) is 0 Å². The van der Waals surface area contributed by atoms with Crippen LogP contribution in [0.3, 0.4) is 0 Å². The van der Waals surface area contributed by atoms with E-state index in [0.717, 1.165) is 12.3 Å². The summed E-state index contributed by atoms with van der Waals surface area (Å²) < 4.78 is 49.8. The van der Waals surface area contributed by atoms with Crippen molar-refractivity contribution in [2.75, 3.05) is 18.9 Å². The van der Waals surface area contributed by atoms with Gasteiger partial charge in [0.2, 0.25) is 0 Å². The molecule has 8 heteroatoms. The van der Waals surface area contributed by atoms with Gasteiger partial charge in [-0.3, -0.25) is 4.72 Å². The quantitative estimate of drug-likeness (QED) is 0.914. The lowest BCUT2D eigenvalue weighted by Gasteiger charge is -2.12. The lowest BCUT2D eigenvalue weighted by atomic mass is 10.3. The number of methoxy groups -OCH3 is 2. The molecule has 0 aliphatic rings. The highest BCUT2D eigenvalue weighted by molar-refractivity contribution is 7.92. The first kappa shape index (κ1) is 15.0. The zero-order valence-corrected chi connectivity index (χ0v) is 12.1. The number of halogens is 1. The molecule has 1 aromatic heterocycles. The molecule has 0 bridgehead atoms. The van der Waals surface area contributed by atoms with Crippen LogP contribution in [0.5, 0.6) is 11.5 Å². The number of aromatic nitrogens is 1. The Morgan fingerprint density at radius 2 is 1.90 bits per heavy atom. The van der Waals surface area contributed by atoms with Crippen LogP contribution >= 0.6 is 0 Å². The van der Waals surface area contributed by atoms with Crippen LogP contribution in [0.2, 0.25) is 0 Å². The zero-order valence-electron chi connectivity index (χ0n) is 11.3. The Kier molecular flexibility index (Phi) is 4.27. The molecule has 2 aromatic rings. The second-order valence-electron chi connectivity index (χ2n) is 3.98. The van der Waals surface area contributed by atoms with Crippen molar-refractivity contribution < 1.29 is 22.3 Å². The highest BCUT2D eigenvalue weighted by Gasteiger charge is 2.21. The average Bonchev–Trinajstić information content (AvgIpc) is 2.48. The maximum atomic E-state index is 12.8. The number of hydrogen-bond acceptors (Lipinski definition) is 5. The van der Waals surface area contributed by atoms with Crippen LogP contribution < -0.4 is 14.2 Å². The fourth-order valence-electron chi connectivity index (χ4n) is 1.62. The molecule has 0 aliphatic carbocycles. The van der Waals surface area contributed by atoms with Crippen LogP contribution in [0.25, 0.3) is 0 Å². The monoisotopic (exact) mass is 312 g/mol. The van der Waals surface area contributed by atoms with Crippen molar-refractivity contribution in [1.29, 1.82) is 0 Å². The highest BCUT2D eigenvalue weighted by atomic mass is 32.2. The average molecular weight is 312 g/mol. The van der Waals surface area contributed by atoms with E-state index in [1.807, 2.05) is 0 Å².